The van der Waals surface area contributed by atoms with Crippen molar-refractivity contribution in [3.8, 4) is 0 Å². The average molecular weight is 236 g/mol. The van der Waals surface area contributed by atoms with E-state index >= 15 is 0 Å². The van der Waals surface area contributed by atoms with Gasteiger partial charge in [-0.05, 0) is 18.9 Å². The summed E-state index contributed by atoms with van der Waals surface area (Å²) in [5, 5.41) is 1.50. The maximum absolute atomic E-state index is 11.0. The molecular formula is C11H10ClN3O. The molecule has 2 aromatic heterocycles. The highest BCUT2D eigenvalue weighted by atomic mass is 35.5. The van der Waals surface area contributed by atoms with Gasteiger partial charge in [0, 0.05) is 23.7 Å². The zero-order valence-electron chi connectivity index (χ0n) is 8.48. The van der Waals surface area contributed by atoms with Gasteiger partial charge >= 0.3 is 0 Å². The monoisotopic (exact) mass is 235 g/mol. The number of amides is 1. The van der Waals surface area contributed by atoms with Crippen molar-refractivity contribution in [1.82, 2.24) is 9.97 Å². The van der Waals surface area contributed by atoms with Crippen LogP contribution < -0.4 is 4.90 Å². The minimum atomic E-state index is 0.300. The molecule has 1 amide bonds. The molecule has 0 radical (unpaired) electrons. The van der Waals surface area contributed by atoms with Crippen molar-refractivity contribution in [2.24, 2.45) is 0 Å². The van der Waals surface area contributed by atoms with Gasteiger partial charge < -0.3 is 4.98 Å². The SMILES string of the molecule is O=CN(c1cc(Cl)c2cc[nH]c2n1)C1CC1. The van der Waals surface area contributed by atoms with Gasteiger partial charge in [0.05, 0.1) is 5.02 Å². The summed E-state index contributed by atoms with van der Waals surface area (Å²) in [7, 11) is 0. The third kappa shape index (κ3) is 1.46. The lowest BCUT2D eigenvalue weighted by molar-refractivity contribution is -0.107. The molecule has 1 N–H and O–H groups in total. The van der Waals surface area contributed by atoms with E-state index in [1.165, 1.54) is 0 Å². The third-order valence-electron chi connectivity index (χ3n) is 2.78. The molecule has 0 aliphatic heterocycles. The number of carbonyl (C=O) groups is 1. The van der Waals surface area contributed by atoms with Crippen LogP contribution in [0.3, 0.4) is 0 Å². The quantitative estimate of drug-likeness (QED) is 0.831. The van der Waals surface area contributed by atoms with Gasteiger partial charge in [-0.1, -0.05) is 11.6 Å². The van der Waals surface area contributed by atoms with Gasteiger partial charge in [0.2, 0.25) is 6.41 Å². The second kappa shape index (κ2) is 3.49. The lowest BCUT2D eigenvalue weighted by Gasteiger charge is -2.15. The zero-order chi connectivity index (χ0) is 11.1. The summed E-state index contributed by atoms with van der Waals surface area (Å²) in [5.74, 6) is 0.623. The maximum Gasteiger partial charge on any atom is 0.215 e. The molecule has 0 atom stereocenters. The number of fused-ring (bicyclic) bond motifs is 1. The molecule has 82 valence electrons. The number of aromatic amines is 1. The number of halogens is 1. The topological polar surface area (TPSA) is 49.0 Å². The van der Waals surface area contributed by atoms with Crippen LogP contribution in [0.1, 0.15) is 12.8 Å². The smallest absolute Gasteiger partial charge is 0.215 e. The van der Waals surface area contributed by atoms with E-state index in [0.29, 0.717) is 16.9 Å². The summed E-state index contributed by atoms with van der Waals surface area (Å²) in [6, 6.07) is 3.91. The van der Waals surface area contributed by atoms with Crippen LogP contribution in [0.2, 0.25) is 5.02 Å². The second-order valence-corrected chi connectivity index (χ2v) is 4.35. The molecule has 1 fully saturated rings. The maximum atomic E-state index is 11.0. The summed E-state index contributed by atoms with van der Waals surface area (Å²) in [6.45, 7) is 0. The molecule has 2 heterocycles. The van der Waals surface area contributed by atoms with Crippen molar-refractivity contribution in [3.63, 3.8) is 0 Å². The van der Waals surface area contributed by atoms with Crippen LogP contribution in [0.25, 0.3) is 11.0 Å². The predicted molar refractivity (Wildman–Crippen MR) is 62.7 cm³/mol. The molecule has 0 saturated heterocycles. The first-order chi connectivity index (χ1) is 7.79. The largest absolute Gasteiger partial charge is 0.346 e. The number of hydrogen-bond donors (Lipinski definition) is 1. The van der Waals surface area contributed by atoms with Gasteiger partial charge in [0.25, 0.3) is 0 Å². The third-order valence-corrected chi connectivity index (χ3v) is 3.10. The van der Waals surface area contributed by atoms with Crippen LogP contribution in [0.5, 0.6) is 0 Å². The zero-order valence-corrected chi connectivity index (χ0v) is 9.24. The van der Waals surface area contributed by atoms with Crippen molar-refractivity contribution >= 4 is 34.9 Å². The van der Waals surface area contributed by atoms with E-state index in [9.17, 15) is 4.79 Å². The Hall–Kier alpha value is -1.55. The molecule has 16 heavy (non-hydrogen) atoms. The number of rotatable bonds is 3. The fraction of sp³-hybridized carbons (Fsp3) is 0.273. The molecule has 0 spiro atoms. The van der Waals surface area contributed by atoms with E-state index in [0.717, 1.165) is 30.3 Å². The molecule has 0 aromatic carbocycles. The summed E-state index contributed by atoms with van der Waals surface area (Å²) in [6.07, 6.45) is 4.70. The Balaban J connectivity index is 2.11. The van der Waals surface area contributed by atoms with Crippen molar-refractivity contribution in [2.75, 3.05) is 4.90 Å². The van der Waals surface area contributed by atoms with Gasteiger partial charge in [0.1, 0.15) is 11.5 Å². The Kier molecular flexibility index (Phi) is 2.11. The average Bonchev–Trinajstić information content (AvgIpc) is 2.96. The number of nitrogens with one attached hydrogen (secondary N) is 1. The summed E-state index contributed by atoms with van der Waals surface area (Å²) >= 11 is 6.13. The van der Waals surface area contributed by atoms with E-state index in [-0.39, 0.29) is 0 Å². The number of aromatic nitrogens is 2. The highest BCUT2D eigenvalue weighted by Gasteiger charge is 2.30. The number of hydrogen-bond acceptors (Lipinski definition) is 2. The van der Waals surface area contributed by atoms with Gasteiger partial charge in [0.15, 0.2) is 0 Å². The Labute approximate surface area is 97.2 Å². The summed E-state index contributed by atoms with van der Waals surface area (Å²) < 4.78 is 0. The minimum absolute atomic E-state index is 0.300. The van der Waals surface area contributed by atoms with Crippen LogP contribution in [0.15, 0.2) is 18.3 Å². The van der Waals surface area contributed by atoms with E-state index in [2.05, 4.69) is 9.97 Å². The number of H-pyrrole nitrogens is 1. The van der Waals surface area contributed by atoms with E-state index in [1.807, 2.05) is 6.07 Å². The first kappa shape index (κ1) is 9.66. The van der Waals surface area contributed by atoms with Gasteiger partial charge in [-0.3, -0.25) is 9.69 Å². The predicted octanol–water partition coefficient (Wildman–Crippen LogP) is 2.34. The van der Waals surface area contributed by atoms with Crippen LogP contribution in [-0.4, -0.2) is 22.4 Å². The number of pyridine rings is 1. The van der Waals surface area contributed by atoms with E-state index in [1.54, 1.807) is 17.2 Å². The fourth-order valence-electron chi connectivity index (χ4n) is 1.80. The normalized spacial score (nSPS) is 15.3. The Morgan fingerprint density at radius 3 is 3.06 bits per heavy atom. The summed E-state index contributed by atoms with van der Waals surface area (Å²) in [4.78, 5) is 20.0. The highest BCUT2D eigenvalue weighted by Crippen LogP contribution is 2.32. The molecule has 0 unspecified atom stereocenters. The van der Waals surface area contributed by atoms with Gasteiger partial charge in [-0.15, -0.1) is 0 Å². The van der Waals surface area contributed by atoms with E-state index < -0.39 is 0 Å². The van der Waals surface area contributed by atoms with Crippen molar-refractivity contribution in [2.45, 2.75) is 18.9 Å². The minimum Gasteiger partial charge on any atom is -0.346 e. The van der Waals surface area contributed by atoms with Gasteiger partial charge in [-0.2, -0.15) is 0 Å². The Bertz CT molecular complexity index is 547. The van der Waals surface area contributed by atoms with Crippen molar-refractivity contribution < 1.29 is 4.79 Å². The van der Waals surface area contributed by atoms with Crippen molar-refractivity contribution in [3.05, 3.63) is 23.4 Å². The molecular weight excluding hydrogens is 226 g/mol. The molecule has 1 aliphatic carbocycles. The fourth-order valence-corrected chi connectivity index (χ4v) is 2.05. The van der Waals surface area contributed by atoms with E-state index in [4.69, 9.17) is 11.6 Å². The van der Waals surface area contributed by atoms with Crippen LogP contribution in [0.4, 0.5) is 5.82 Å². The first-order valence-electron chi connectivity index (χ1n) is 5.17. The van der Waals surface area contributed by atoms with Crippen molar-refractivity contribution in [1.29, 1.82) is 0 Å². The molecule has 1 saturated carbocycles. The molecule has 2 aromatic rings. The highest BCUT2D eigenvalue weighted by molar-refractivity contribution is 6.35. The molecule has 1 aliphatic rings. The van der Waals surface area contributed by atoms with Gasteiger partial charge in [-0.25, -0.2) is 4.98 Å². The number of nitrogens with zero attached hydrogens (tertiary/aromatic N) is 2. The summed E-state index contributed by atoms with van der Waals surface area (Å²) in [5.41, 5.74) is 0.718. The first-order valence-corrected chi connectivity index (χ1v) is 5.54. The Morgan fingerprint density at radius 2 is 2.38 bits per heavy atom. The van der Waals surface area contributed by atoms with Crippen LogP contribution >= 0.6 is 11.6 Å². The number of carbonyl (C=O) groups excluding carboxylic acids is 1. The molecule has 0 bridgehead atoms. The van der Waals surface area contributed by atoms with Crippen LogP contribution in [-0.2, 0) is 4.79 Å². The molecule has 4 nitrogen and oxygen atoms in total. The second-order valence-electron chi connectivity index (χ2n) is 3.95. The molecule has 5 heteroatoms. The standard InChI is InChI=1S/C11H10ClN3O/c12-9-5-10(15(6-16)7-1-2-7)14-11-8(9)3-4-13-11/h3-7H,1-2H2,(H,13,14). The lowest BCUT2D eigenvalue weighted by Crippen LogP contribution is -2.24. The molecule has 3 rings (SSSR count). The van der Waals surface area contributed by atoms with Crippen LogP contribution in [0, 0.1) is 0 Å². The number of anilines is 1. The lowest BCUT2D eigenvalue weighted by atomic mass is 10.3. The Morgan fingerprint density at radius 1 is 1.56 bits per heavy atom.